The number of H-pyrrole nitrogens is 2. The Labute approximate surface area is 226 Å². The van der Waals surface area contributed by atoms with Crippen LogP contribution in [0.2, 0.25) is 5.02 Å². The van der Waals surface area contributed by atoms with Crippen molar-refractivity contribution in [1.29, 1.82) is 0 Å². The first-order chi connectivity index (χ1) is 19.0. The number of anilines is 2. The minimum Gasteiger partial charge on any atom is -0.491 e. The van der Waals surface area contributed by atoms with Crippen LogP contribution in [0.1, 0.15) is 5.56 Å². The van der Waals surface area contributed by atoms with Gasteiger partial charge in [0, 0.05) is 25.8 Å². The summed E-state index contributed by atoms with van der Waals surface area (Å²) in [5, 5.41) is 10.0. The van der Waals surface area contributed by atoms with E-state index in [0.717, 1.165) is 61.6 Å². The number of nitrogens with zero attached hydrogens (tertiary/aromatic N) is 5. The van der Waals surface area contributed by atoms with Gasteiger partial charge < -0.3 is 19.8 Å². The summed E-state index contributed by atoms with van der Waals surface area (Å²) in [6.45, 7) is 4.10. The third-order valence-electron chi connectivity index (χ3n) is 6.42. The van der Waals surface area contributed by atoms with Gasteiger partial charge in [0.15, 0.2) is 34.7 Å². The van der Waals surface area contributed by atoms with Gasteiger partial charge in [-0.15, -0.1) is 0 Å². The molecule has 0 aliphatic carbocycles. The van der Waals surface area contributed by atoms with E-state index in [9.17, 15) is 8.78 Å². The second-order valence-electron chi connectivity index (χ2n) is 8.93. The number of halogens is 3. The number of methoxy groups -OCH3 is 1. The van der Waals surface area contributed by atoms with Gasteiger partial charge in [0.25, 0.3) is 0 Å². The van der Waals surface area contributed by atoms with Crippen molar-refractivity contribution in [3.63, 3.8) is 0 Å². The molecule has 2 aromatic carbocycles. The highest BCUT2D eigenvalue weighted by Crippen LogP contribution is 2.34. The number of imidazole rings is 1. The molecular formula is C26H23ClF2N8O2. The molecule has 39 heavy (non-hydrogen) atoms. The molecule has 5 aromatic rings. The normalized spacial score (nSPS) is 14.2. The van der Waals surface area contributed by atoms with Crippen LogP contribution in [0.5, 0.6) is 5.75 Å². The molecule has 3 N–H and O–H groups in total. The third-order valence-corrected chi connectivity index (χ3v) is 6.71. The molecule has 4 heterocycles. The van der Waals surface area contributed by atoms with E-state index in [-0.39, 0.29) is 22.4 Å². The molecule has 1 aliphatic rings. The van der Waals surface area contributed by atoms with Crippen molar-refractivity contribution in [2.45, 2.75) is 6.54 Å². The Morgan fingerprint density at radius 2 is 2.00 bits per heavy atom. The molecule has 1 aliphatic heterocycles. The van der Waals surface area contributed by atoms with E-state index in [0.29, 0.717) is 17.2 Å². The average molecular weight is 553 g/mol. The maximum Gasteiger partial charge on any atom is 0.179 e. The number of benzene rings is 2. The number of aromatic amines is 2. The molecule has 1 fully saturated rings. The van der Waals surface area contributed by atoms with Crippen LogP contribution < -0.4 is 10.1 Å². The lowest BCUT2D eigenvalue weighted by atomic mass is 10.2. The number of morpholine rings is 1. The van der Waals surface area contributed by atoms with Crippen LogP contribution in [-0.2, 0) is 11.3 Å². The van der Waals surface area contributed by atoms with Gasteiger partial charge in [0.1, 0.15) is 5.82 Å². The smallest absolute Gasteiger partial charge is 0.179 e. The lowest BCUT2D eigenvalue weighted by Crippen LogP contribution is -2.35. The predicted octanol–water partition coefficient (Wildman–Crippen LogP) is 4.93. The van der Waals surface area contributed by atoms with Crippen molar-refractivity contribution in [2.24, 2.45) is 0 Å². The van der Waals surface area contributed by atoms with Crippen molar-refractivity contribution < 1.29 is 18.3 Å². The van der Waals surface area contributed by atoms with Crippen molar-refractivity contribution in [3.05, 3.63) is 64.9 Å². The summed E-state index contributed by atoms with van der Waals surface area (Å²) in [6, 6.07) is 8.32. The summed E-state index contributed by atoms with van der Waals surface area (Å²) in [4.78, 5) is 18.8. The van der Waals surface area contributed by atoms with Gasteiger partial charge in [-0.05, 0) is 29.8 Å². The molecule has 1 saturated heterocycles. The zero-order valence-corrected chi connectivity index (χ0v) is 21.5. The molecular weight excluding hydrogens is 530 g/mol. The highest BCUT2D eigenvalue weighted by molar-refractivity contribution is 6.31. The van der Waals surface area contributed by atoms with Gasteiger partial charge in [0.2, 0.25) is 0 Å². The fraction of sp³-hybridized carbons (Fsp3) is 0.231. The summed E-state index contributed by atoms with van der Waals surface area (Å²) in [5.74, 6) is -1.03. The first-order valence-electron chi connectivity index (χ1n) is 12.1. The molecule has 0 radical (unpaired) electrons. The second-order valence-corrected chi connectivity index (χ2v) is 9.33. The molecule has 0 bridgehead atoms. The number of ether oxygens (including phenoxy) is 2. The maximum absolute atomic E-state index is 14.6. The van der Waals surface area contributed by atoms with Crippen LogP contribution in [0.25, 0.3) is 33.9 Å². The lowest BCUT2D eigenvalue weighted by molar-refractivity contribution is 0.0342. The van der Waals surface area contributed by atoms with Gasteiger partial charge >= 0.3 is 0 Å². The molecule has 0 spiro atoms. The largest absolute Gasteiger partial charge is 0.491 e. The Balaban J connectivity index is 1.30. The average Bonchev–Trinajstić information content (AvgIpc) is 3.58. The summed E-state index contributed by atoms with van der Waals surface area (Å²) >= 11 is 5.86. The van der Waals surface area contributed by atoms with Gasteiger partial charge in [-0.3, -0.25) is 10.00 Å². The van der Waals surface area contributed by atoms with Crippen molar-refractivity contribution >= 4 is 34.1 Å². The predicted molar refractivity (Wildman–Crippen MR) is 142 cm³/mol. The van der Waals surface area contributed by atoms with Crippen LogP contribution in [0.3, 0.4) is 0 Å². The summed E-state index contributed by atoms with van der Waals surface area (Å²) in [7, 11) is 1.44. The SMILES string of the molecule is COc1cnc(-c2c(F)ccc(Cl)c2F)nc1Nc1c[nH]nc1-c1nc2cc(CN3CCOCC3)ccc2[nH]1. The third kappa shape index (κ3) is 5.01. The molecule has 13 heteroatoms. The molecule has 10 nitrogen and oxygen atoms in total. The van der Waals surface area contributed by atoms with Crippen molar-refractivity contribution in [1.82, 2.24) is 35.0 Å². The topological polar surface area (TPSA) is 117 Å². The van der Waals surface area contributed by atoms with Crippen molar-refractivity contribution in [2.75, 3.05) is 38.7 Å². The summed E-state index contributed by atoms with van der Waals surface area (Å²) < 4.78 is 39.9. The van der Waals surface area contributed by atoms with Crippen LogP contribution in [-0.4, -0.2) is 68.4 Å². The first-order valence-corrected chi connectivity index (χ1v) is 12.5. The van der Waals surface area contributed by atoms with E-state index in [2.05, 4.69) is 47.5 Å². The Kier molecular flexibility index (Phi) is 6.81. The summed E-state index contributed by atoms with van der Waals surface area (Å²) in [5.41, 5.74) is 3.38. The monoisotopic (exact) mass is 552 g/mol. The molecule has 0 unspecified atom stereocenters. The molecule has 3 aromatic heterocycles. The van der Waals surface area contributed by atoms with E-state index in [1.165, 1.54) is 13.3 Å². The Hall–Kier alpha value is -4.13. The Bertz CT molecular complexity index is 1650. The molecule has 200 valence electrons. The summed E-state index contributed by atoms with van der Waals surface area (Å²) in [6.07, 6.45) is 2.94. The highest BCUT2D eigenvalue weighted by atomic mass is 35.5. The van der Waals surface area contributed by atoms with Crippen molar-refractivity contribution in [3.8, 4) is 28.7 Å². The number of hydrogen-bond acceptors (Lipinski definition) is 8. The van der Waals surface area contributed by atoms with E-state index >= 15 is 0 Å². The van der Waals surface area contributed by atoms with E-state index in [1.807, 2.05) is 6.07 Å². The van der Waals surface area contributed by atoms with E-state index in [4.69, 9.17) is 26.1 Å². The quantitative estimate of drug-likeness (QED) is 0.243. The van der Waals surface area contributed by atoms with E-state index in [1.54, 1.807) is 6.20 Å². The van der Waals surface area contributed by atoms with Crippen LogP contribution in [0.4, 0.5) is 20.3 Å². The zero-order valence-electron chi connectivity index (χ0n) is 20.8. The van der Waals surface area contributed by atoms with Crippen LogP contribution in [0.15, 0.2) is 42.7 Å². The van der Waals surface area contributed by atoms with Gasteiger partial charge in [-0.2, -0.15) is 5.10 Å². The highest BCUT2D eigenvalue weighted by Gasteiger charge is 2.21. The minimum absolute atomic E-state index is 0.174. The van der Waals surface area contributed by atoms with Gasteiger partial charge in [-0.25, -0.2) is 23.7 Å². The standard InChI is InChI=1S/C26H23ClF2N8O2/c1-38-20-12-30-25(21-16(28)4-3-15(27)22(21)29)35-24(20)34-19-11-31-36-23(19)26-32-17-5-2-14(10-18(17)33-26)13-37-6-8-39-9-7-37/h2-5,10-12H,6-9,13H2,1H3,(H,31,36)(H,32,33)(H,30,34,35). The van der Waals surface area contributed by atoms with Gasteiger partial charge in [0.05, 0.1) is 53.8 Å². The number of rotatable bonds is 7. The molecule has 0 atom stereocenters. The maximum atomic E-state index is 14.6. The Morgan fingerprint density at radius 3 is 2.82 bits per heavy atom. The lowest BCUT2D eigenvalue weighted by Gasteiger charge is -2.26. The molecule has 0 amide bonds. The number of aromatic nitrogens is 6. The number of nitrogens with one attached hydrogen (secondary N) is 3. The fourth-order valence-corrected chi connectivity index (χ4v) is 4.59. The Morgan fingerprint density at radius 1 is 1.15 bits per heavy atom. The second kappa shape index (κ2) is 10.6. The van der Waals surface area contributed by atoms with Gasteiger partial charge in [-0.1, -0.05) is 17.7 Å². The molecule has 0 saturated carbocycles. The number of hydrogen-bond donors (Lipinski definition) is 3. The van der Waals surface area contributed by atoms with Crippen LogP contribution in [0, 0.1) is 11.6 Å². The van der Waals surface area contributed by atoms with Crippen LogP contribution >= 0.6 is 11.6 Å². The zero-order chi connectivity index (χ0) is 26.9. The van der Waals surface area contributed by atoms with E-state index < -0.39 is 17.2 Å². The fourth-order valence-electron chi connectivity index (χ4n) is 4.43. The minimum atomic E-state index is -0.952. The molecule has 6 rings (SSSR count). The first kappa shape index (κ1) is 25.2. The number of fused-ring (bicyclic) bond motifs is 1.